The number of aliphatic imine (C=N–C) groups is 6. The summed E-state index contributed by atoms with van der Waals surface area (Å²) < 4.78 is 19.9. The van der Waals surface area contributed by atoms with E-state index in [4.69, 9.17) is 53.8 Å². The van der Waals surface area contributed by atoms with Crippen molar-refractivity contribution in [2.24, 2.45) is 53.6 Å². The number of amidine groups is 5. The maximum absolute atomic E-state index is 10.4. The Labute approximate surface area is 353 Å². The van der Waals surface area contributed by atoms with Gasteiger partial charge in [-0.1, -0.05) is 12.8 Å². The summed E-state index contributed by atoms with van der Waals surface area (Å²) in [6.07, 6.45) is 15.7. The van der Waals surface area contributed by atoms with Crippen LogP contribution in [0, 0.1) is 23.7 Å². The van der Waals surface area contributed by atoms with Crippen LogP contribution in [0.4, 0.5) is 11.6 Å². The number of hydrogen-bond acceptors (Lipinski definition) is 15. The summed E-state index contributed by atoms with van der Waals surface area (Å²) in [5, 5.41) is 25.3. The Hall–Kier alpha value is -5.59. The maximum atomic E-state index is 10.4. The molecule has 0 amide bonds. The number of rotatable bonds is 8. The van der Waals surface area contributed by atoms with Gasteiger partial charge >= 0.3 is 8.88 Å². The molecule has 5 unspecified atom stereocenters. The largest absolute Gasteiger partial charge is 0.599 e. The molecule has 4 aromatic heterocycles. The first-order chi connectivity index (χ1) is 30.1. The van der Waals surface area contributed by atoms with Gasteiger partial charge in [0.15, 0.2) is 23.3 Å². The van der Waals surface area contributed by atoms with E-state index < -0.39 is 15.0 Å². The van der Waals surface area contributed by atoms with Crippen molar-refractivity contribution in [3.8, 4) is 0 Å². The lowest BCUT2D eigenvalue weighted by Crippen LogP contribution is -2.68. The van der Waals surface area contributed by atoms with E-state index in [1.165, 1.54) is 0 Å². The van der Waals surface area contributed by atoms with Crippen LogP contribution < -0.4 is 5.32 Å². The predicted molar refractivity (Wildman–Crippen MR) is 233 cm³/mol. The minimum atomic E-state index is -4.28. The Morgan fingerprint density at radius 3 is 2.21 bits per heavy atom. The van der Waals surface area contributed by atoms with Gasteiger partial charge in [-0.05, 0) is 111 Å². The molecule has 2 saturated carbocycles. The van der Waals surface area contributed by atoms with Crippen LogP contribution in [0.1, 0.15) is 92.9 Å². The molecule has 17 heteroatoms. The molecule has 16 nitrogen and oxygen atoms in total. The number of aromatic nitrogens is 4. The lowest BCUT2D eigenvalue weighted by molar-refractivity contribution is 0.0505. The normalized spacial score (nSPS) is 28.3. The second-order valence-corrected chi connectivity index (χ2v) is 20.0. The molecular weight excluding hydrogens is 789 g/mol. The van der Waals surface area contributed by atoms with Gasteiger partial charge < -0.3 is 24.4 Å². The maximum Gasteiger partial charge on any atom is 0.599 e. The van der Waals surface area contributed by atoms with Crippen molar-refractivity contribution < 1.29 is 19.1 Å². The summed E-state index contributed by atoms with van der Waals surface area (Å²) in [6.45, 7) is 1.03. The molecule has 6 aliphatic heterocycles. The molecule has 8 aliphatic rings. The minimum Gasteiger partial charge on any atom is -0.396 e. The summed E-state index contributed by atoms with van der Waals surface area (Å²) >= 11 is 0. The monoisotopic (exact) mass is 834 g/mol. The van der Waals surface area contributed by atoms with Gasteiger partial charge in [-0.2, -0.15) is 0 Å². The Kier molecular flexibility index (Phi) is 9.02. The van der Waals surface area contributed by atoms with Crippen LogP contribution in [0.25, 0.3) is 10.9 Å². The van der Waals surface area contributed by atoms with Gasteiger partial charge in [0.25, 0.3) is 0 Å². The van der Waals surface area contributed by atoms with Crippen molar-refractivity contribution in [2.75, 3.05) is 26.4 Å². The van der Waals surface area contributed by atoms with Crippen molar-refractivity contribution >= 4 is 66.8 Å². The fraction of sp³-hybridized carbons (Fsp3) is 0.432. The molecule has 6 bridgehead atoms. The number of aliphatic hydroxyl groups is 2. The van der Waals surface area contributed by atoms with Crippen LogP contribution in [0.3, 0.4) is 0 Å². The quantitative estimate of drug-likeness (QED) is 0.192. The first-order valence-electron chi connectivity index (χ1n) is 21.8. The molecular formula is C44H46N12O4Si. The molecule has 10 heterocycles. The first kappa shape index (κ1) is 37.2. The zero-order chi connectivity index (χ0) is 40.7. The van der Waals surface area contributed by atoms with E-state index >= 15 is 0 Å². The van der Waals surface area contributed by atoms with Crippen LogP contribution in [0.2, 0.25) is 0 Å². The van der Waals surface area contributed by atoms with E-state index in [-0.39, 0.29) is 36.9 Å². The zero-order valence-corrected chi connectivity index (χ0v) is 34.7. The van der Waals surface area contributed by atoms with E-state index in [9.17, 15) is 10.2 Å². The SMILES string of the molecule is OCC1CCCC(CO[Si]2(OCC3CCCC(CO)C3)N3C4=NC5=NC(=Nc6c7ncccc7c(n62)N=C2N=C(NC3c3ncccc34)c3cccnc32)C2=C5N=CCC2)C1. The van der Waals surface area contributed by atoms with Gasteiger partial charge in [0.2, 0.25) is 0 Å². The summed E-state index contributed by atoms with van der Waals surface area (Å²) in [5.41, 5.74) is 5.26. The molecule has 2 fully saturated rings. The summed E-state index contributed by atoms with van der Waals surface area (Å²) in [4.78, 5) is 46.7. The fourth-order valence-corrected chi connectivity index (χ4v) is 14.2. The topological polar surface area (TPSA) is 192 Å². The number of nitrogens with zero attached hydrogens (tertiary/aromatic N) is 11. The number of nitrogens with one attached hydrogen (secondary N) is 1. The number of pyridine rings is 3. The Morgan fingerprint density at radius 2 is 1.43 bits per heavy atom. The second-order valence-electron chi connectivity index (χ2n) is 17.3. The molecule has 4 aromatic rings. The lowest BCUT2D eigenvalue weighted by Gasteiger charge is -2.44. The van der Waals surface area contributed by atoms with E-state index in [1.807, 2.05) is 48.8 Å². The van der Waals surface area contributed by atoms with E-state index in [1.54, 1.807) is 12.4 Å². The van der Waals surface area contributed by atoms with Gasteiger partial charge in [0, 0.05) is 73.3 Å². The summed E-state index contributed by atoms with van der Waals surface area (Å²) in [7, 11) is -4.28. The van der Waals surface area contributed by atoms with Gasteiger partial charge in [-0.25, -0.2) is 25.0 Å². The minimum absolute atomic E-state index is 0.149. The predicted octanol–water partition coefficient (Wildman–Crippen LogP) is 5.52. The molecule has 5 atom stereocenters. The van der Waals surface area contributed by atoms with Crippen LogP contribution in [0.15, 0.2) is 96.2 Å². The molecule has 2 aliphatic carbocycles. The highest BCUT2D eigenvalue weighted by atomic mass is 28.4. The van der Waals surface area contributed by atoms with Crippen LogP contribution in [-0.4, -0.2) is 105 Å². The van der Waals surface area contributed by atoms with Crippen LogP contribution in [-0.2, 0) is 8.85 Å². The Balaban J connectivity index is 1.19. The molecule has 61 heavy (non-hydrogen) atoms. The van der Waals surface area contributed by atoms with Crippen molar-refractivity contribution in [2.45, 2.75) is 70.4 Å². The van der Waals surface area contributed by atoms with Gasteiger partial charge in [-0.3, -0.25) is 28.7 Å². The summed E-state index contributed by atoms with van der Waals surface area (Å²) in [6, 6.07) is 11.8. The Bertz CT molecular complexity index is 2670. The molecule has 0 spiro atoms. The molecule has 0 saturated heterocycles. The van der Waals surface area contributed by atoms with E-state index in [2.05, 4.69) is 14.1 Å². The zero-order valence-electron chi connectivity index (χ0n) is 33.7. The fourth-order valence-electron chi connectivity index (χ4n) is 10.6. The molecule has 310 valence electrons. The van der Waals surface area contributed by atoms with E-state index in [0.717, 1.165) is 85.6 Å². The van der Waals surface area contributed by atoms with Crippen molar-refractivity contribution in [1.82, 2.24) is 29.1 Å². The standard InChI is InChI=1S/C44H46N12O4Si/c57-21-25-7-1-9-27(19-25)23-59-61(60-24-28-10-2-8-26(20-28)22-58)55-42-31-13-5-17-47-35(31)43(55)51-37-29-11-3-15-45-33(29)39(49-37)53-41-32-14-6-18-48-36(32)44(56(41)61)52-38-30-12-4-16-46-34(30)40(50-38)54-42/h3,5-6,11,13-18,25-28,43,57-58H,1-2,4,7-10,12,19-24H2,(H,49,51,53). The first-order valence-corrected chi connectivity index (χ1v) is 23.5. The van der Waals surface area contributed by atoms with Crippen LogP contribution >= 0.6 is 0 Å². The highest BCUT2D eigenvalue weighted by Crippen LogP contribution is 2.48. The van der Waals surface area contributed by atoms with Crippen LogP contribution in [0.5, 0.6) is 0 Å². The third-order valence-corrected chi connectivity index (χ3v) is 16.7. The lowest BCUT2D eigenvalue weighted by atomic mass is 9.82. The van der Waals surface area contributed by atoms with E-state index in [0.29, 0.717) is 77.4 Å². The van der Waals surface area contributed by atoms with Gasteiger partial charge in [0.05, 0.1) is 5.69 Å². The molecule has 0 aromatic carbocycles. The van der Waals surface area contributed by atoms with Gasteiger partial charge in [-0.15, -0.1) is 0 Å². The Morgan fingerprint density at radius 1 is 0.721 bits per heavy atom. The third kappa shape index (κ3) is 5.96. The highest BCUT2D eigenvalue weighted by molar-refractivity contribution is 6.68. The average Bonchev–Trinajstić information content (AvgIpc) is 4.03. The number of fused-ring (bicyclic) bond motifs is 13. The summed E-state index contributed by atoms with van der Waals surface area (Å²) in [5.74, 6) is 4.43. The third-order valence-electron chi connectivity index (χ3n) is 13.5. The van der Waals surface area contributed by atoms with Gasteiger partial charge in [0.1, 0.15) is 40.6 Å². The molecule has 12 rings (SSSR count). The number of hydrogen-bond donors (Lipinski definition) is 3. The van der Waals surface area contributed by atoms with Crippen molar-refractivity contribution in [1.29, 1.82) is 0 Å². The highest BCUT2D eigenvalue weighted by Gasteiger charge is 2.62. The van der Waals surface area contributed by atoms with Crippen molar-refractivity contribution in [3.63, 3.8) is 0 Å². The second kappa shape index (κ2) is 14.8. The average molecular weight is 835 g/mol. The molecule has 0 radical (unpaired) electrons. The number of aliphatic hydroxyl groups excluding tert-OH is 2. The smallest absolute Gasteiger partial charge is 0.396 e. The molecule has 3 N–H and O–H groups in total. The van der Waals surface area contributed by atoms with Crippen molar-refractivity contribution in [3.05, 3.63) is 88.8 Å².